The molecular weight excluding hydrogens is 324 g/mol. The zero-order valence-electron chi connectivity index (χ0n) is 15.0. The molecule has 1 fully saturated rings. The van der Waals surface area contributed by atoms with E-state index in [4.69, 9.17) is 4.74 Å². The van der Waals surface area contributed by atoms with Crippen molar-refractivity contribution < 1.29 is 9.53 Å². The van der Waals surface area contributed by atoms with E-state index in [1.54, 1.807) is 0 Å². The van der Waals surface area contributed by atoms with E-state index in [0.29, 0.717) is 6.54 Å². The Morgan fingerprint density at radius 3 is 2.73 bits per heavy atom. The minimum absolute atomic E-state index is 0.0701. The van der Waals surface area contributed by atoms with Gasteiger partial charge in [0, 0.05) is 18.8 Å². The molecule has 2 aromatic carbocycles. The van der Waals surface area contributed by atoms with Crippen molar-refractivity contribution in [3.8, 4) is 0 Å². The number of carbonyl (C=O) groups is 1. The molecule has 0 spiro atoms. The fraction of sp³-hybridized carbons (Fsp3) is 0.318. The van der Waals surface area contributed by atoms with Crippen LogP contribution in [-0.4, -0.2) is 36.2 Å². The Balaban J connectivity index is 1.67. The van der Waals surface area contributed by atoms with Gasteiger partial charge in [0.15, 0.2) is 0 Å². The quantitative estimate of drug-likeness (QED) is 0.902. The van der Waals surface area contributed by atoms with Gasteiger partial charge in [0.05, 0.1) is 11.7 Å². The van der Waals surface area contributed by atoms with Crippen molar-refractivity contribution in [2.24, 2.45) is 0 Å². The Kier molecular flexibility index (Phi) is 4.76. The lowest BCUT2D eigenvalue weighted by molar-refractivity contribution is 0.0464. The number of para-hydroxylation sites is 1. The SMILES string of the molecule is C/C(=C\c1ccccc1)C1Nc2ccccc2C(=O)N1CC1CCCO1. The second kappa shape index (κ2) is 7.34. The number of ether oxygens (including phenoxy) is 1. The van der Waals surface area contributed by atoms with Gasteiger partial charge < -0.3 is 15.0 Å². The molecule has 2 aromatic rings. The number of hydrogen-bond donors (Lipinski definition) is 1. The largest absolute Gasteiger partial charge is 0.376 e. The maximum atomic E-state index is 13.2. The molecule has 0 aliphatic carbocycles. The Hall–Kier alpha value is -2.59. The van der Waals surface area contributed by atoms with Gasteiger partial charge in [-0.1, -0.05) is 48.5 Å². The molecule has 2 unspecified atom stereocenters. The first-order valence-corrected chi connectivity index (χ1v) is 9.24. The Morgan fingerprint density at radius 1 is 1.19 bits per heavy atom. The summed E-state index contributed by atoms with van der Waals surface area (Å²) in [5.41, 5.74) is 3.87. The summed E-state index contributed by atoms with van der Waals surface area (Å²) in [5, 5.41) is 3.55. The molecule has 0 bridgehead atoms. The summed E-state index contributed by atoms with van der Waals surface area (Å²) in [6.45, 7) is 3.49. The van der Waals surface area contributed by atoms with Crippen molar-refractivity contribution in [3.05, 3.63) is 71.3 Å². The number of hydrogen-bond acceptors (Lipinski definition) is 3. The van der Waals surface area contributed by atoms with E-state index < -0.39 is 0 Å². The lowest BCUT2D eigenvalue weighted by Crippen LogP contribution is -2.52. The Labute approximate surface area is 154 Å². The van der Waals surface area contributed by atoms with E-state index in [2.05, 4.69) is 30.4 Å². The molecule has 1 saturated heterocycles. The molecule has 4 nitrogen and oxygen atoms in total. The molecule has 2 heterocycles. The highest BCUT2D eigenvalue weighted by molar-refractivity contribution is 6.02. The van der Waals surface area contributed by atoms with E-state index in [-0.39, 0.29) is 18.2 Å². The average molecular weight is 348 g/mol. The van der Waals surface area contributed by atoms with Crippen molar-refractivity contribution >= 4 is 17.7 Å². The molecule has 4 rings (SSSR count). The minimum Gasteiger partial charge on any atom is -0.376 e. The Bertz CT molecular complexity index is 810. The molecule has 2 aliphatic rings. The number of rotatable bonds is 4. The zero-order chi connectivity index (χ0) is 17.9. The first-order valence-electron chi connectivity index (χ1n) is 9.24. The molecular formula is C22H24N2O2. The summed E-state index contributed by atoms with van der Waals surface area (Å²) >= 11 is 0. The summed E-state index contributed by atoms with van der Waals surface area (Å²) in [5.74, 6) is 0.0701. The van der Waals surface area contributed by atoms with Gasteiger partial charge in [-0.25, -0.2) is 0 Å². The molecule has 134 valence electrons. The molecule has 2 atom stereocenters. The molecule has 1 amide bonds. The van der Waals surface area contributed by atoms with Crippen molar-refractivity contribution in [2.75, 3.05) is 18.5 Å². The number of amides is 1. The van der Waals surface area contributed by atoms with Crippen LogP contribution in [0.25, 0.3) is 6.08 Å². The van der Waals surface area contributed by atoms with Gasteiger partial charge in [0.2, 0.25) is 0 Å². The standard InChI is InChI=1S/C22H24N2O2/c1-16(14-17-8-3-2-4-9-17)21-23-20-12-6-5-11-19(20)22(25)24(21)15-18-10-7-13-26-18/h2-6,8-9,11-12,14,18,21,23H,7,10,13,15H2,1H3/b16-14+. The van der Waals surface area contributed by atoms with Gasteiger partial charge in [0.25, 0.3) is 5.91 Å². The highest BCUT2D eigenvalue weighted by Gasteiger charge is 2.34. The molecule has 2 aliphatic heterocycles. The second-order valence-electron chi connectivity index (χ2n) is 6.98. The van der Waals surface area contributed by atoms with Crippen molar-refractivity contribution in [2.45, 2.75) is 32.0 Å². The molecule has 0 saturated carbocycles. The number of fused-ring (bicyclic) bond motifs is 1. The van der Waals surface area contributed by atoms with E-state index in [9.17, 15) is 4.79 Å². The Morgan fingerprint density at radius 2 is 1.96 bits per heavy atom. The summed E-state index contributed by atoms with van der Waals surface area (Å²) in [4.78, 5) is 15.1. The van der Waals surface area contributed by atoms with Gasteiger partial charge in [-0.2, -0.15) is 0 Å². The number of nitrogens with one attached hydrogen (secondary N) is 1. The van der Waals surface area contributed by atoms with E-state index in [0.717, 1.165) is 41.8 Å². The van der Waals surface area contributed by atoms with Crippen LogP contribution in [0.15, 0.2) is 60.2 Å². The molecule has 0 aromatic heterocycles. The van der Waals surface area contributed by atoms with Crippen LogP contribution in [0, 0.1) is 0 Å². The van der Waals surface area contributed by atoms with Crippen molar-refractivity contribution in [1.29, 1.82) is 0 Å². The topological polar surface area (TPSA) is 41.6 Å². The second-order valence-corrected chi connectivity index (χ2v) is 6.98. The third-order valence-corrected chi connectivity index (χ3v) is 5.07. The monoisotopic (exact) mass is 348 g/mol. The summed E-state index contributed by atoms with van der Waals surface area (Å²) in [6.07, 6.45) is 4.18. The van der Waals surface area contributed by atoms with Crippen LogP contribution in [0.2, 0.25) is 0 Å². The summed E-state index contributed by atoms with van der Waals surface area (Å²) in [6, 6.07) is 17.9. The minimum atomic E-state index is -0.165. The maximum absolute atomic E-state index is 13.2. The number of carbonyl (C=O) groups excluding carboxylic acids is 1. The number of nitrogens with zero attached hydrogens (tertiary/aromatic N) is 1. The first-order chi connectivity index (χ1) is 12.7. The predicted molar refractivity (Wildman–Crippen MR) is 104 cm³/mol. The number of anilines is 1. The van der Waals surface area contributed by atoms with Gasteiger partial charge in [-0.3, -0.25) is 4.79 Å². The van der Waals surface area contributed by atoms with E-state index >= 15 is 0 Å². The van der Waals surface area contributed by atoms with Crippen molar-refractivity contribution in [1.82, 2.24) is 4.90 Å². The van der Waals surface area contributed by atoms with Crippen LogP contribution in [-0.2, 0) is 4.74 Å². The molecule has 1 N–H and O–H groups in total. The summed E-state index contributed by atoms with van der Waals surface area (Å²) < 4.78 is 5.80. The fourth-order valence-corrected chi connectivity index (χ4v) is 3.74. The highest BCUT2D eigenvalue weighted by Crippen LogP contribution is 2.30. The lowest BCUT2D eigenvalue weighted by Gasteiger charge is -2.39. The number of benzene rings is 2. The normalized spacial score (nSPS) is 22.9. The van der Waals surface area contributed by atoms with Crippen molar-refractivity contribution in [3.63, 3.8) is 0 Å². The average Bonchev–Trinajstić information content (AvgIpc) is 3.18. The predicted octanol–water partition coefficient (Wildman–Crippen LogP) is 4.16. The molecule has 4 heteroatoms. The van der Waals surface area contributed by atoms with Crippen LogP contribution in [0.1, 0.15) is 35.7 Å². The maximum Gasteiger partial charge on any atom is 0.257 e. The van der Waals surface area contributed by atoms with E-state index in [1.165, 1.54) is 0 Å². The van der Waals surface area contributed by atoms with Crippen LogP contribution in [0.4, 0.5) is 5.69 Å². The van der Waals surface area contributed by atoms with Crippen LogP contribution in [0.5, 0.6) is 0 Å². The lowest BCUT2D eigenvalue weighted by atomic mass is 10.0. The third kappa shape index (κ3) is 3.37. The highest BCUT2D eigenvalue weighted by atomic mass is 16.5. The van der Waals surface area contributed by atoms with Gasteiger partial charge in [0.1, 0.15) is 6.17 Å². The summed E-state index contributed by atoms with van der Waals surface area (Å²) in [7, 11) is 0. The molecule has 26 heavy (non-hydrogen) atoms. The van der Waals surface area contributed by atoms with Gasteiger partial charge >= 0.3 is 0 Å². The van der Waals surface area contributed by atoms with Gasteiger partial charge in [-0.15, -0.1) is 0 Å². The van der Waals surface area contributed by atoms with Crippen LogP contribution in [0.3, 0.4) is 0 Å². The van der Waals surface area contributed by atoms with Crippen LogP contribution >= 0.6 is 0 Å². The fourth-order valence-electron chi connectivity index (χ4n) is 3.74. The zero-order valence-corrected chi connectivity index (χ0v) is 15.0. The first kappa shape index (κ1) is 16.9. The van der Waals surface area contributed by atoms with Crippen LogP contribution < -0.4 is 5.32 Å². The molecule has 0 radical (unpaired) electrons. The smallest absolute Gasteiger partial charge is 0.257 e. The third-order valence-electron chi connectivity index (χ3n) is 5.07. The van der Waals surface area contributed by atoms with Gasteiger partial charge in [-0.05, 0) is 43.0 Å². The van der Waals surface area contributed by atoms with E-state index in [1.807, 2.05) is 47.4 Å².